The van der Waals surface area contributed by atoms with Gasteiger partial charge in [0.05, 0.1) is 12.3 Å². The van der Waals surface area contributed by atoms with E-state index in [-0.39, 0.29) is 12.5 Å². The summed E-state index contributed by atoms with van der Waals surface area (Å²) in [5.74, 6) is 1.10. The molecule has 0 amide bonds. The summed E-state index contributed by atoms with van der Waals surface area (Å²) >= 11 is 0. The summed E-state index contributed by atoms with van der Waals surface area (Å²) in [7, 11) is 0. The topological polar surface area (TPSA) is 48.9 Å². The van der Waals surface area contributed by atoms with Gasteiger partial charge in [0.25, 0.3) is 0 Å². The number of hydrogen-bond acceptors (Lipinski definition) is 2. The van der Waals surface area contributed by atoms with Crippen molar-refractivity contribution in [1.82, 2.24) is 9.97 Å². The van der Waals surface area contributed by atoms with Crippen LogP contribution in [0.5, 0.6) is 0 Å². The first kappa shape index (κ1) is 10.3. The van der Waals surface area contributed by atoms with Crippen LogP contribution in [0.15, 0.2) is 0 Å². The Morgan fingerprint density at radius 1 is 1.46 bits per heavy atom. The average Bonchev–Trinajstić information content (AvgIpc) is 2.49. The molecule has 0 aliphatic heterocycles. The normalized spacial score (nSPS) is 13.2. The minimum Gasteiger partial charge on any atom is -0.396 e. The molecule has 1 aromatic heterocycles. The first-order valence-electron chi connectivity index (χ1n) is 4.89. The Morgan fingerprint density at radius 3 is 2.54 bits per heavy atom. The van der Waals surface area contributed by atoms with E-state index in [1.807, 2.05) is 6.92 Å². The van der Waals surface area contributed by atoms with Crippen molar-refractivity contribution >= 4 is 0 Å². The maximum Gasteiger partial charge on any atom is 0.111 e. The van der Waals surface area contributed by atoms with Crippen LogP contribution in [-0.2, 0) is 6.42 Å². The zero-order valence-corrected chi connectivity index (χ0v) is 8.59. The van der Waals surface area contributed by atoms with Crippen LogP contribution in [-0.4, -0.2) is 21.7 Å². The van der Waals surface area contributed by atoms with Gasteiger partial charge in [0.2, 0.25) is 0 Å². The fourth-order valence-electron chi connectivity index (χ4n) is 1.47. The highest BCUT2D eigenvalue weighted by molar-refractivity contribution is 5.15. The molecule has 0 bridgehead atoms. The summed E-state index contributed by atoms with van der Waals surface area (Å²) in [5.41, 5.74) is 2.24. The van der Waals surface area contributed by atoms with Gasteiger partial charge in [0, 0.05) is 11.6 Å². The van der Waals surface area contributed by atoms with Crippen molar-refractivity contribution in [3.05, 3.63) is 17.2 Å². The van der Waals surface area contributed by atoms with Gasteiger partial charge < -0.3 is 10.1 Å². The molecule has 3 nitrogen and oxygen atoms in total. The monoisotopic (exact) mass is 182 g/mol. The van der Waals surface area contributed by atoms with E-state index in [4.69, 9.17) is 5.11 Å². The van der Waals surface area contributed by atoms with Crippen LogP contribution in [0.3, 0.4) is 0 Å². The Morgan fingerprint density at radius 2 is 2.15 bits per heavy atom. The fourth-order valence-corrected chi connectivity index (χ4v) is 1.47. The van der Waals surface area contributed by atoms with Crippen molar-refractivity contribution in [3.63, 3.8) is 0 Å². The zero-order chi connectivity index (χ0) is 9.84. The molecule has 0 saturated heterocycles. The lowest BCUT2D eigenvalue weighted by molar-refractivity contribution is 0.258. The minimum absolute atomic E-state index is 0.166. The number of hydrogen-bond donors (Lipinski definition) is 2. The smallest absolute Gasteiger partial charge is 0.111 e. The molecular formula is C10H18N2O. The van der Waals surface area contributed by atoms with Crippen molar-refractivity contribution in [2.24, 2.45) is 0 Å². The van der Waals surface area contributed by atoms with Crippen LogP contribution < -0.4 is 0 Å². The number of aromatic nitrogens is 2. The molecule has 1 aromatic rings. The SMILES string of the molecule is CCc1nc(C(CC)CO)[nH]c1C. The van der Waals surface area contributed by atoms with Gasteiger partial charge in [-0.15, -0.1) is 0 Å². The molecule has 1 rings (SSSR count). The summed E-state index contributed by atoms with van der Waals surface area (Å²) in [6, 6.07) is 0. The maximum atomic E-state index is 9.09. The number of aliphatic hydroxyl groups is 1. The second-order valence-corrected chi connectivity index (χ2v) is 3.34. The number of nitrogens with zero attached hydrogens (tertiary/aromatic N) is 1. The zero-order valence-electron chi connectivity index (χ0n) is 8.59. The van der Waals surface area contributed by atoms with Crippen LogP contribution in [0.2, 0.25) is 0 Å². The summed E-state index contributed by atoms with van der Waals surface area (Å²) in [4.78, 5) is 7.68. The van der Waals surface area contributed by atoms with Gasteiger partial charge in [-0.25, -0.2) is 4.98 Å². The van der Waals surface area contributed by atoms with E-state index >= 15 is 0 Å². The Hall–Kier alpha value is -0.830. The molecule has 1 atom stereocenters. The predicted octanol–water partition coefficient (Wildman–Crippen LogP) is 1.77. The fraction of sp³-hybridized carbons (Fsp3) is 0.700. The van der Waals surface area contributed by atoms with Gasteiger partial charge >= 0.3 is 0 Å². The Balaban J connectivity index is 2.88. The Kier molecular flexibility index (Phi) is 3.48. The summed E-state index contributed by atoms with van der Waals surface area (Å²) in [6.07, 6.45) is 1.87. The third kappa shape index (κ3) is 2.10. The van der Waals surface area contributed by atoms with E-state index in [2.05, 4.69) is 23.8 Å². The van der Waals surface area contributed by atoms with Gasteiger partial charge in [0.1, 0.15) is 5.82 Å². The largest absolute Gasteiger partial charge is 0.396 e. The third-order valence-corrected chi connectivity index (χ3v) is 2.44. The van der Waals surface area contributed by atoms with E-state index in [0.717, 1.165) is 30.1 Å². The van der Waals surface area contributed by atoms with Crippen molar-refractivity contribution in [2.75, 3.05) is 6.61 Å². The first-order chi connectivity index (χ1) is 6.22. The highest BCUT2D eigenvalue weighted by atomic mass is 16.3. The number of nitrogens with one attached hydrogen (secondary N) is 1. The molecule has 0 aliphatic rings. The molecule has 0 radical (unpaired) electrons. The molecule has 2 N–H and O–H groups in total. The number of aromatic amines is 1. The number of aliphatic hydroxyl groups excluding tert-OH is 1. The third-order valence-electron chi connectivity index (χ3n) is 2.44. The lowest BCUT2D eigenvalue weighted by atomic mass is 10.1. The molecule has 1 heterocycles. The molecule has 0 aromatic carbocycles. The minimum atomic E-state index is 0.166. The van der Waals surface area contributed by atoms with Gasteiger partial charge in [-0.05, 0) is 19.8 Å². The molecule has 74 valence electrons. The summed E-state index contributed by atoms with van der Waals surface area (Å²) in [6.45, 7) is 6.35. The van der Waals surface area contributed by atoms with E-state index in [0.29, 0.717) is 0 Å². The lowest BCUT2D eigenvalue weighted by Crippen LogP contribution is -2.04. The van der Waals surface area contributed by atoms with Gasteiger partial charge in [-0.2, -0.15) is 0 Å². The van der Waals surface area contributed by atoms with E-state index in [9.17, 15) is 0 Å². The number of rotatable bonds is 4. The number of aryl methyl sites for hydroxylation is 2. The Labute approximate surface area is 79.2 Å². The summed E-state index contributed by atoms with van der Waals surface area (Å²) in [5, 5.41) is 9.09. The van der Waals surface area contributed by atoms with Crippen molar-refractivity contribution in [1.29, 1.82) is 0 Å². The highest BCUT2D eigenvalue weighted by Gasteiger charge is 2.13. The highest BCUT2D eigenvalue weighted by Crippen LogP contribution is 2.17. The molecule has 0 fully saturated rings. The molecule has 13 heavy (non-hydrogen) atoms. The average molecular weight is 182 g/mol. The van der Waals surface area contributed by atoms with Crippen LogP contribution in [0.1, 0.15) is 43.4 Å². The van der Waals surface area contributed by atoms with Gasteiger partial charge in [-0.1, -0.05) is 13.8 Å². The molecular weight excluding hydrogens is 164 g/mol. The van der Waals surface area contributed by atoms with Crippen LogP contribution in [0, 0.1) is 6.92 Å². The van der Waals surface area contributed by atoms with Crippen LogP contribution >= 0.6 is 0 Å². The molecule has 1 unspecified atom stereocenters. The van der Waals surface area contributed by atoms with Crippen LogP contribution in [0.4, 0.5) is 0 Å². The Bertz CT molecular complexity index is 264. The van der Waals surface area contributed by atoms with E-state index < -0.39 is 0 Å². The van der Waals surface area contributed by atoms with Gasteiger partial charge in [0.15, 0.2) is 0 Å². The van der Waals surface area contributed by atoms with Crippen molar-refractivity contribution in [3.8, 4) is 0 Å². The quantitative estimate of drug-likeness (QED) is 0.745. The molecule has 0 spiro atoms. The second-order valence-electron chi connectivity index (χ2n) is 3.34. The van der Waals surface area contributed by atoms with Crippen LogP contribution in [0.25, 0.3) is 0 Å². The molecule has 0 saturated carbocycles. The first-order valence-corrected chi connectivity index (χ1v) is 4.89. The number of H-pyrrole nitrogens is 1. The van der Waals surface area contributed by atoms with Crippen molar-refractivity contribution < 1.29 is 5.11 Å². The van der Waals surface area contributed by atoms with Gasteiger partial charge in [-0.3, -0.25) is 0 Å². The second kappa shape index (κ2) is 4.42. The number of imidazole rings is 1. The van der Waals surface area contributed by atoms with E-state index in [1.165, 1.54) is 0 Å². The van der Waals surface area contributed by atoms with Crippen molar-refractivity contribution in [2.45, 2.75) is 39.5 Å². The van der Waals surface area contributed by atoms with E-state index in [1.54, 1.807) is 0 Å². The predicted molar refractivity (Wildman–Crippen MR) is 52.8 cm³/mol. The standard InChI is InChI=1S/C10H18N2O/c1-4-8(6-13)10-11-7(3)9(5-2)12-10/h8,13H,4-6H2,1-3H3,(H,11,12). The maximum absolute atomic E-state index is 9.09. The molecule has 0 aliphatic carbocycles. The lowest BCUT2D eigenvalue weighted by Gasteiger charge is -2.06. The summed E-state index contributed by atoms with van der Waals surface area (Å²) < 4.78 is 0. The molecule has 3 heteroatoms.